The van der Waals surface area contributed by atoms with Crippen molar-refractivity contribution in [3.63, 3.8) is 0 Å². The van der Waals surface area contributed by atoms with Gasteiger partial charge in [-0.1, -0.05) is 12.1 Å². The van der Waals surface area contributed by atoms with E-state index < -0.39 is 0 Å². The maximum atomic E-state index is 12.1. The van der Waals surface area contributed by atoms with Crippen LogP contribution in [0.5, 0.6) is 5.75 Å². The van der Waals surface area contributed by atoms with Crippen LogP contribution in [-0.2, 0) is 16.0 Å². The van der Waals surface area contributed by atoms with E-state index in [1.54, 1.807) is 29.2 Å². The van der Waals surface area contributed by atoms with Crippen LogP contribution in [-0.4, -0.2) is 34.9 Å². The number of carbonyl (C=O) groups excluding carboxylic acids is 2. The highest BCUT2D eigenvalue weighted by Gasteiger charge is 2.25. The Hall–Kier alpha value is -2.04. The van der Waals surface area contributed by atoms with Gasteiger partial charge in [0.2, 0.25) is 11.8 Å². The van der Waals surface area contributed by atoms with Crippen molar-refractivity contribution in [1.82, 2.24) is 4.90 Å². The molecule has 0 aliphatic carbocycles. The number of piperidine rings is 1. The van der Waals surface area contributed by atoms with Crippen LogP contribution in [0.15, 0.2) is 24.3 Å². The predicted octanol–water partition coefficient (Wildman–Crippen LogP) is 0.659. The second-order valence-electron chi connectivity index (χ2n) is 4.90. The van der Waals surface area contributed by atoms with E-state index in [0.29, 0.717) is 32.4 Å². The topological polar surface area (TPSA) is 83.6 Å². The minimum Gasteiger partial charge on any atom is -0.508 e. The van der Waals surface area contributed by atoms with Crippen LogP contribution in [0.1, 0.15) is 18.4 Å². The fraction of sp³-hybridized carbons (Fsp3) is 0.429. The van der Waals surface area contributed by atoms with Crippen molar-refractivity contribution in [2.75, 3.05) is 13.1 Å². The van der Waals surface area contributed by atoms with Crippen LogP contribution in [0.2, 0.25) is 0 Å². The zero-order chi connectivity index (χ0) is 13.8. The van der Waals surface area contributed by atoms with Gasteiger partial charge in [0.05, 0.1) is 6.42 Å². The van der Waals surface area contributed by atoms with Gasteiger partial charge in [0, 0.05) is 19.0 Å². The van der Waals surface area contributed by atoms with E-state index in [-0.39, 0.29) is 23.5 Å². The van der Waals surface area contributed by atoms with Crippen LogP contribution in [0.25, 0.3) is 0 Å². The van der Waals surface area contributed by atoms with Gasteiger partial charge in [0.15, 0.2) is 0 Å². The van der Waals surface area contributed by atoms with E-state index in [0.717, 1.165) is 5.56 Å². The number of amides is 2. The monoisotopic (exact) mass is 262 g/mol. The lowest BCUT2D eigenvalue weighted by Gasteiger charge is -2.30. The van der Waals surface area contributed by atoms with Crippen molar-refractivity contribution in [2.24, 2.45) is 11.7 Å². The van der Waals surface area contributed by atoms with Gasteiger partial charge < -0.3 is 15.7 Å². The lowest BCUT2D eigenvalue weighted by Crippen LogP contribution is -2.42. The molecular formula is C14H18N2O3. The molecule has 1 aromatic carbocycles. The number of nitrogens with two attached hydrogens (primary N) is 1. The summed E-state index contributed by atoms with van der Waals surface area (Å²) in [7, 11) is 0. The molecule has 19 heavy (non-hydrogen) atoms. The fourth-order valence-electron chi connectivity index (χ4n) is 2.31. The lowest BCUT2D eigenvalue weighted by atomic mass is 9.96. The largest absolute Gasteiger partial charge is 0.508 e. The van der Waals surface area contributed by atoms with E-state index in [2.05, 4.69) is 0 Å². The standard InChI is InChI=1S/C14H18N2O3/c15-14(19)11-5-7-16(8-6-11)13(18)9-10-1-3-12(17)4-2-10/h1-4,11,17H,5-9H2,(H2,15,19). The van der Waals surface area contributed by atoms with Crippen LogP contribution in [0.3, 0.4) is 0 Å². The number of likely N-dealkylation sites (tertiary alicyclic amines) is 1. The third kappa shape index (κ3) is 3.47. The summed E-state index contributed by atoms with van der Waals surface area (Å²) in [5.74, 6) is -0.129. The molecule has 0 saturated carbocycles. The summed E-state index contributed by atoms with van der Waals surface area (Å²) in [4.78, 5) is 24.9. The van der Waals surface area contributed by atoms with Crippen LogP contribution in [0, 0.1) is 5.92 Å². The average molecular weight is 262 g/mol. The molecule has 0 spiro atoms. The summed E-state index contributed by atoms with van der Waals surface area (Å²) in [5.41, 5.74) is 6.14. The quantitative estimate of drug-likeness (QED) is 0.839. The number of nitrogens with zero attached hydrogens (tertiary/aromatic N) is 1. The van der Waals surface area contributed by atoms with E-state index in [4.69, 9.17) is 5.73 Å². The predicted molar refractivity (Wildman–Crippen MR) is 70.3 cm³/mol. The molecule has 0 radical (unpaired) electrons. The fourth-order valence-corrected chi connectivity index (χ4v) is 2.31. The minimum atomic E-state index is -0.273. The summed E-state index contributed by atoms with van der Waals surface area (Å²) in [6.07, 6.45) is 1.62. The number of hydrogen-bond acceptors (Lipinski definition) is 3. The third-order valence-electron chi connectivity index (χ3n) is 3.54. The molecule has 5 nitrogen and oxygen atoms in total. The zero-order valence-electron chi connectivity index (χ0n) is 10.7. The third-order valence-corrected chi connectivity index (χ3v) is 3.54. The first-order chi connectivity index (χ1) is 9.06. The van der Waals surface area contributed by atoms with Gasteiger partial charge in [-0.15, -0.1) is 0 Å². The molecule has 2 amide bonds. The summed E-state index contributed by atoms with van der Waals surface area (Å²) >= 11 is 0. The lowest BCUT2D eigenvalue weighted by molar-refractivity contribution is -0.134. The normalized spacial score (nSPS) is 16.3. The molecule has 0 bridgehead atoms. The molecule has 1 fully saturated rings. The Morgan fingerprint density at radius 1 is 1.21 bits per heavy atom. The molecule has 1 aromatic rings. The molecule has 3 N–H and O–H groups in total. The van der Waals surface area contributed by atoms with E-state index >= 15 is 0 Å². The smallest absolute Gasteiger partial charge is 0.226 e. The number of phenolic OH excluding ortho intramolecular Hbond substituents is 1. The second-order valence-corrected chi connectivity index (χ2v) is 4.90. The highest BCUT2D eigenvalue weighted by Crippen LogP contribution is 2.18. The summed E-state index contributed by atoms with van der Waals surface area (Å²) in [5, 5.41) is 9.18. The first-order valence-corrected chi connectivity index (χ1v) is 6.41. The van der Waals surface area contributed by atoms with Crippen LogP contribution in [0.4, 0.5) is 0 Å². The maximum Gasteiger partial charge on any atom is 0.226 e. The molecule has 0 aromatic heterocycles. The van der Waals surface area contributed by atoms with Crippen molar-refractivity contribution >= 4 is 11.8 Å². The minimum absolute atomic E-state index is 0.0496. The van der Waals surface area contributed by atoms with Crippen molar-refractivity contribution < 1.29 is 14.7 Å². The Labute approximate surface area is 112 Å². The number of hydrogen-bond donors (Lipinski definition) is 2. The van der Waals surface area contributed by atoms with Crippen LogP contribution < -0.4 is 5.73 Å². The molecule has 1 saturated heterocycles. The van der Waals surface area contributed by atoms with E-state index in [1.165, 1.54) is 0 Å². The maximum absolute atomic E-state index is 12.1. The number of phenols is 1. The van der Waals surface area contributed by atoms with Crippen molar-refractivity contribution in [3.8, 4) is 5.75 Å². The van der Waals surface area contributed by atoms with Gasteiger partial charge in [-0.3, -0.25) is 9.59 Å². The second kappa shape index (κ2) is 5.73. The SMILES string of the molecule is NC(=O)C1CCN(C(=O)Cc2ccc(O)cc2)CC1. The Balaban J connectivity index is 1.88. The summed E-state index contributed by atoms with van der Waals surface area (Å²) in [6.45, 7) is 1.18. The molecule has 102 valence electrons. The Morgan fingerprint density at radius 3 is 2.32 bits per heavy atom. The number of carbonyl (C=O) groups is 2. The van der Waals surface area contributed by atoms with Crippen molar-refractivity contribution in [2.45, 2.75) is 19.3 Å². The van der Waals surface area contributed by atoms with Gasteiger partial charge in [0.1, 0.15) is 5.75 Å². The average Bonchev–Trinajstić information content (AvgIpc) is 2.41. The number of primary amides is 1. The van der Waals surface area contributed by atoms with E-state index in [9.17, 15) is 14.7 Å². The Morgan fingerprint density at radius 2 is 1.79 bits per heavy atom. The van der Waals surface area contributed by atoms with Gasteiger partial charge >= 0.3 is 0 Å². The first kappa shape index (κ1) is 13.4. The van der Waals surface area contributed by atoms with Gasteiger partial charge in [-0.2, -0.15) is 0 Å². The molecule has 5 heteroatoms. The Kier molecular flexibility index (Phi) is 4.04. The molecule has 1 heterocycles. The number of benzene rings is 1. The van der Waals surface area contributed by atoms with Gasteiger partial charge in [-0.05, 0) is 30.5 Å². The molecule has 0 unspecified atom stereocenters. The molecule has 1 aliphatic rings. The Bertz CT molecular complexity index is 462. The van der Waals surface area contributed by atoms with Gasteiger partial charge in [-0.25, -0.2) is 0 Å². The van der Waals surface area contributed by atoms with Gasteiger partial charge in [0.25, 0.3) is 0 Å². The summed E-state index contributed by atoms with van der Waals surface area (Å²) in [6, 6.07) is 6.62. The number of aromatic hydroxyl groups is 1. The molecular weight excluding hydrogens is 244 g/mol. The van der Waals surface area contributed by atoms with E-state index in [1.807, 2.05) is 0 Å². The number of rotatable bonds is 3. The first-order valence-electron chi connectivity index (χ1n) is 6.41. The molecule has 1 aliphatic heterocycles. The highest BCUT2D eigenvalue weighted by molar-refractivity contribution is 5.80. The summed E-state index contributed by atoms with van der Waals surface area (Å²) < 4.78 is 0. The zero-order valence-corrected chi connectivity index (χ0v) is 10.7. The van der Waals surface area contributed by atoms with Crippen molar-refractivity contribution in [1.29, 1.82) is 0 Å². The van der Waals surface area contributed by atoms with Crippen molar-refractivity contribution in [3.05, 3.63) is 29.8 Å². The molecule has 0 atom stereocenters. The molecule has 2 rings (SSSR count). The highest BCUT2D eigenvalue weighted by atomic mass is 16.3. The van der Waals surface area contributed by atoms with Crippen LogP contribution >= 0.6 is 0 Å².